The predicted octanol–water partition coefficient (Wildman–Crippen LogP) is 19.3. The number of piperidine rings is 6. The van der Waals surface area contributed by atoms with Crippen LogP contribution in [0.15, 0.2) is 72.8 Å². The van der Waals surface area contributed by atoms with Crippen LogP contribution in [-0.2, 0) is 38.5 Å². The largest absolute Gasteiger partial charge is 0.493 e. The van der Waals surface area contributed by atoms with Gasteiger partial charge in [-0.2, -0.15) is 0 Å². The smallest absolute Gasteiger partial charge is 0.161 e. The summed E-state index contributed by atoms with van der Waals surface area (Å²) in [6, 6.07) is 10.3. The zero-order valence-electron chi connectivity index (χ0n) is 133. The third-order valence-corrected chi connectivity index (χ3v) is 27.9. The molecule has 0 aliphatic carbocycles. The Morgan fingerprint density at radius 3 is 0.794 bits per heavy atom. The minimum atomic E-state index is -3.20. The van der Waals surface area contributed by atoms with Gasteiger partial charge in [0.1, 0.15) is 0 Å². The highest BCUT2D eigenvalue weighted by atomic mass is 16.5. The molecule has 12 heterocycles. The van der Waals surface area contributed by atoms with Gasteiger partial charge in [-0.3, -0.25) is 29.4 Å². The summed E-state index contributed by atoms with van der Waals surface area (Å²) in [5.41, 5.74) is -0.904. The molecule has 18 unspecified atom stereocenters. The van der Waals surface area contributed by atoms with E-state index in [-0.39, 0.29) is 154 Å². The summed E-state index contributed by atoms with van der Waals surface area (Å²) in [4.78, 5) is 10.3. The van der Waals surface area contributed by atoms with Crippen molar-refractivity contribution < 1.29 is 155 Å². The van der Waals surface area contributed by atoms with Gasteiger partial charge in [-0.25, -0.2) is 0 Å². The average molecular weight is 2010 g/mol. The lowest BCUT2D eigenvalue weighted by atomic mass is 9.75. The normalized spacial score (nSPS) is 39.1. The summed E-state index contributed by atoms with van der Waals surface area (Å²) in [5.74, 6) is -4.40. The molecule has 6 saturated heterocycles. The number of fused-ring (bicyclic) bond motifs is 18. The van der Waals surface area contributed by atoms with Gasteiger partial charge in [0.15, 0.2) is 69.0 Å². The van der Waals surface area contributed by atoms with E-state index in [0.29, 0.717) is 131 Å². The maximum absolute atomic E-state index is 11.1. The summed E-state index contributed by atoms with van der Waals surface area (Å²) < 4.78 is 461. The Balaban J connectivity index is 0.000000185. The number of nitrogens with zero attached hydrogens (tertiary/aromatic N) is 6. The Morgan fingerprint density at radius 1 is 0.305 bits per heavy atom. The second-order valence-electron chi connectivity index (χ2n) is 40.0. The van der Waals surface area contributed by atoms with Crippen molar-refractivity contribution in [3.63, 3.8) is 0 Å². The Morgan fingerprint density at radius 2 is 0.532 bits per heavy atom. The summed E-state index contributed by atoms with van der Waals surface area (Å²) in [5, 5.41) is 66.0. The Bertz CT molecular complexity index is 7130. The molecule has 12 aliphatic heterocycles. The van der Waals surface area contributed by atoms with E-state index in [1.807, 2.05) is 33.8 Å². The lowest BCUT2D eigenvalue weighted by Crippen LogP contribution is -2.48. The van der Waals surface area contributed by atoms with Crippen LogP contribution in [0.2, 0.25) is 0 Å². The Kier molecular flexibility index (Phi) is 21.2. The number of aliphatic hydroxyl groups excluding tert-OH is 4. The lowest BCUT2D eigenvalue weighted by molar-refractivity contribution is -0.0259. The van der Waals surface area contributed by atoms with Crippen molar-refractivity contribution in [2.45, 2.75) is 291 Å². The number of methoxy groups -OCH3 is 12. The van der Waals surface area contributed by atoms with Crippen LogP contribution in [0.1, 0.15) is 350 Å². The molecule has 24 nitrogen and oxygen atoms in total. The molecular formula is C117H180N6O18. The van der Waals surface area contributed by atoms with Gasteiger partial charge >= 0.3 is 0 Å². The highest BCUT2D eigenvalue weighted by Crippen LogP contribution is 2.53. The third kappa shape index (κ3) is 26.9. The molecule has 0 amide bonds. The van der Waals surface area contributed by atoms with E-state index in [2.05, 4.69) is 18.7 Å². The van der Waals surface area contributed by atoms with Crippen LogP contribution < -0.4 is 56.8 Å². The van der Waals surface area contributed by atoms with Crippen LogP contribution in [0.3, 0.4) is 0 Å². The van der Waals surface area contributed by atoms with E-state index in [0.717, 1.165) is 69.0 Å². The molecule has 0 bridgehead atoms. The molecule has 6 N–H and O–H groups in total. The lowest BCUT2D eigenvalue weighted by Gasteiger charge is -2.47. The number of hydrogen-bond donors (Lipinski definition) is 6. The molecule has 786 valence electrons. The van der Waals surface area contributed by atoms with Crippen molar-refractivity contribution in [1.29, 1.82) is 0 Å². The molecule has 6 aromatic rings. The quantitative estimate of drug-likeness (QED) is 0.0392. The van der Waals surface area contributed by atoms with Crippen molar-refractivity contribution >= 4 is 0 Å². The molecule has 141 heavy (non-hydrogen) atoms. The maximum atomic E-state index is 11.1. The number of rotatable bonds is 21. The molecule has 6 fully saturated rings. The van der Waals surface area contributed by atoms with Crippen LogP contribution in [-0.4, -0.2) is 260 Å². The number of benzene rings is 6. The fourth-order valence-electron chi connectivity index (χ4n) is 21.5. The van der Waals surface area contributed by atoms with E-state index >= 15 is 0 Å². The number of ether oxygens (including phenoxy) is 12. The van der Waals surface area contributed by atoms with Gasteiger partial charge in [-0.15, -0.1) is 0 Å². The Labute approximate surface area is 915 Å². The first-order valence-electron chi connectivity index (χ1n) is 73.0. The minimum Gasteiger partial charge on any atom is -0.493 e. The summed E-state index contributed by atoms with van der Waals surface area (Å²) >= 11 is 0. The summed E-state index contributed by atoms with van der Waals surface area (Å²) in [6.45, 7) is -2.32. The van der Waals surface area contributed by atoms with E-state index in [4.69, 9.17) is 119 Å². The maximum Gasteiger partial charge on any atom is 0.161 e. The van der Waals surface area contributed by atoms with Crippen molar-refractivity contribution in [3.8, 4) is 69.0 Å². The summed E-state index contributed by atoms with van der Waals surface area (Å²) in [7, 11) is 0.658. The minimum absolute atomic E-state index is 0.00448. The second kappa shape index (κ2) is 48.4. The second-order valence-corrected chi connectivity index (χ2v) is 40.0. The monoisotopic (exact) mass is 2010 g/mol. The molecule has 0 spiro atoms. The van der Waals surface area contributed by atoms with Crippen LogP contribution in [0.5, 0.6) is 69.0 Å². The first kappa shape index (κ1) is 61.9. The van der Waals surface area contributed by atoms with Crippen LogP contribution in [0.25, 0.3) is 0 Å². The first-order chi connectivity index (χ1) is 86.2. The van der Waals surface area contributed by atoms with Crippen LogP contribution in [0, 0.1) is 69.5 Å². The van der Waals surface area contributed by atoms with Gasteiger partial charge in [-0.05, 0) is 324 Å². The number of aliphatic hydroxyl groups is 6. The zero-order chi connectivity index (χ0) is 144. The van der Waals surface area contributed by atoms with Crippen molar-refractivity contribution in [3.05, 3.63) is 140 Å². The highest BCUT2D eigenvalue weighted by molar-refractivity contribution is 5.55. The van der Waals surface area contributed by atoms with Crippen LogP contribution in [0.4, 0.5) is 0 Å². The topological polar surface area (TPSA) is 252 Å². The third-order valence-electron chi connectivity index (χ3n) is 27.9. The summed E-state index contributed by atoms with van der Waals surface area (Å²) in [6.07, 6.45) is -20.5. The van der Waals surface area contributed by atoms with Gasteiger partial charge in [0.05, 0.1) is 148 Å². The predicted molar refractivity (Wildman–Crippen MR) is 561 cm³/mol. The fraction of sp³-hybridized carbons (Fsp3) is 0.692. The SMILES string of the molecule is [2H]C([2H])([2H])Oc1cc2c(cc1OC)CCN1CC(C([2H])([2H])C(C)(C([2H])([2H])[2H])C([2H])([2H])[2H])C(O)CC21[2H].[2H]C([2H])([2H])Oc1cc2c(cc1OC)CCN1CC(C([2H])([2H])C(C)(C([2H])([2H])[2H])C([2H])([2H])[2H])C(O)CC21[2H].[2H]C([2H])([2H])Oc1cc2c(cc1OC)CCN1CC(CC(C)C)C(O)CC21.[2H]C([2H])([2H])Oc1cc2c(cc1OC)CCN1CC([2H])(CC(C)C)C([2H])(O)C([2H])([2H])C21[2H].[2H]C1(CC(C)C)CN2CCc3cc(OC)c(OC)cc3C2([2H])C([2H])([2H])C1([2H])O.[2H]C12CC(O)C(C([2H])([2H])C(C)(C([2H])([2H])[2H])C([2H])([2H])[2H])CN1CCc1cc(OC)c(OC)cc12. The molecule has 24 heteroatoms. The van der Waals surface area contributed by atoms with Gasteiger partial charge in [0.2, 0.25) is 0 Å². The van der Waals surface area contributed by atoms with Crippen molar-refractivity contribution in [2.75, 3.05) is 164 Å². The van der Waals surface area contributed by atoms with E-state index in [9.17, 15) is 36.1 Å². The standard InChI is InChI=1S/3C20H31NO3.3C19H29NO3/c3*1-20(2,3)11-14-12-21-7-6-13-8-18(23-4)19(24-5)9-15(13)16(21)10-17(14)22;3*1-12(2)7-14-11-20-6-5-13-8-18(22-3)19(23-4)9-15(13)16(20)10-17(14)21/h3*8-9,14,16-17,22H,6-7,10-12H2,1-5H3;3*8-9,12,14,16-17,21H,5-7,10-11H2,1-4H3/i2*1D3,2D3,5D3,11D2,16D;1D3,2D3,11D2,16D;4D3,10D2,14D,16D,17D;10D2,14D,16D,17D;4D3. The molecule has 0 aromatic heterocycles. The van der Waals surface area contributed by atoms with E-state index < -0.39 is 207 Å². The molecule has 0 saturated carbocycles. The molecule has 0 radical (unpaired) electrons. The molecular weight excluding hydrogens is 1780 g/mol. The molecule has 18 rings (SSSR count). The van der Waals surface area contributed by atoms with Crippen molar-refractivity contribution in [2.24, 2.45) is 69.5 Å². The van der Waals surface area contributed by atoms with Gasteiger partial charge < -0.3 is 87.5 Å². The van der Waals surface area contributed by atoms with Crippen LogP contribution >= 0.6 is 0 Å². The fourth-order valence-corrected chi connectivity index (χ4v) is 21.5. The molecule has 12 aliphatic rings. The zero-order valence-corrected chi connectivity index (χ0v) is 84.3. The molecule has 18 atom stereocenters. The average Bonchev–Trinajstić information content (AvgIpc) is 0.675. The van der Waals surface area contributed by atoms with Gasteiger partial charge in [-0.1, -0.05) is 103 Å². The van der Waals surface area contributed by atoms with Gasteiger partial charge in [0, 0.05) is 156 Å². The van der Waals surface area contributed by atoms with Crippen molar-refractivity contribution in [1.82, 2.24) is 29.4 Å². The van der Waals surface area contributed by atoms with Gasteiger partial charge in [0.25, 0.3) is 0 Å². The number of hydrogen-bond acceptors (Lipinski definition) is 24. The highest BCUT2D eigenvalue weighted by Gasteiger charge is 2.47. The van der Waals surface area contributed by atoms with E-state index in [1.165, 1.54) is 86.0 Å². The molecule has 6 aromatic carbocycles. The first-order valence-corrected chi connectivity index (χ1v) is 48.5. The Hall–Kier alpha value is -7.56. The van der Waals surface area contributed by atoms with E-state index in [1.54, 1.807) is 62.1 Å².